The predicted molar refractivity (Wildman–Crippen MR) is 87.1 cm³/mol. The van der Waals surface area contributed by atoms with Gasteiger partial charge in [0.1, 0.15) is 11.6 Å². The van der Waals surface area contributed by atoms with E-state index < -0.39 is 24.7 Å². The van der Waals surface area contributed by atoms with E-state index in [0.717, 1.165) is 6.07 Å². The number of hydrogen-bond donors (Lipinski definition) is 0. The van der Waals surface area contributed by atoms with E-state index >= 15 is 0 Å². The third-order valence-corrected chi connectivity index (χ3v) is 5.07. The molecule has 25 heavy (non-hydrogen) atoms. The number of halogens is 2. The highest BCUT2D eigenvalue weighted by Crippen LogP contribution is 2.56. The topological polar surface area (TPSA) is 87.9 Å². The standard InChI is InChI=1S/C15H12ClFNO6P/c16-11-7-10(8-12(17)9-11)15-5-6-22-25(21,24-15)23-14-3-1-13(2-4-14)18(19)20/h1-4,7-9,15H,5-6H2. The first-order chi connectivity index (χ1) is 11.8. The molecule has 0 bridgehead atoms. The molecule has 0 aromatic heterocycles. The Hall–Kier alpha value is -1.99. The Morgan fingerprint density at radius 1 is 1.28 bits per heavy atom. The van der Waals surface area contributed by atoms with Crippen molar-refractivity contribution in [3.05, 3.63) is 69.0 Å². The van der Waals surface area contributed by atoms with Crippen LogP contribution < -0.4 is 4.52 Å². The van der Waals surface area contributed by atoms with Gasteiger partial charge in [0.2, 0.25) is 0 Å². The lowest BCUT2D eigenvalue weighted by Crippen LogP contribution is -2.16. The summed E-state index contributed by atoms with van der Waals surface area (Å²) in [4.78, 5) is 10.1. The second-order valence-electron chi connectivity index (χ2n) is 5.21. The lowest BCUT2D eigenvalue weighted by Gasteiger charge is -2.29. The Morgan fingerprint density at radius 3 is 2.64 bits per heavy atom. The zero-order chi connectivity index (χ0) is 18.0. The summed E-state index contributed by atoms with van der Waals surface area (Å²) in [5, 5.41) is 10.8. The van der Waals surface area contributed by atoms with Crippen molar-refractivity contribution >= 4 is 25.1 Å². The highest BCUT2D eigenvalue weighted by atomic mass is 35.5. The molecule has 2 unspecified atom stereocenters. The zero-order valence-electron chi connectivity index (χ0n) is 12.6. The van der Waals surface area contributed by atoms with Crippen LogP contribution in [0.3, 0.4) is 0 Å². The number of rotatable bonds is 4. The highest BCUT2D eigenvalue weighted by Gasteiger charge is 2.38. The van der Waals surface area contributed by atoms with E-state index in [-0.39, 0.29) is 23.1 Å². The van der Waals surface area contributed by atoms with Crippen molar-refractivity contribution in [1.82, 2.24) is 0 Å². The quantitative estimate of drug-likeness (QED) is 0.414. The van der Waals surface area contributed by atoms with E-state index in [0.29, 0.717) is 12.0 Å². The van der Waals surface area contributed by atoms with Gasteiger partial charge in [0, 0.05) is 23.6 Å². The number of nitro benzene ring substituents is 1. The smallest absolute Gasteiger partial charge is 0.404 e. The minimum absolute atomic E-state index is 0.0725. The molecule has 2 aromatic rings. The number of phosphoric acid groups is 1. The van der Waals surface area contributed by atoms with Crippen LogP contribution in [0.25, 0.3) is 0 Å². The highest BCUT2D eigenvalue weighted by molar-refractivity contribution is 7.49. The summed E-state index contributed by atoms with van der Waals surface area (Å²) >= 11 is 5.83. The SMILES string of the molecule is O=[N+]([O-])c1ccc(OP2(=O)OCCC(c3cc(F)cc(Cl)c3)O2)cc1. The van der Waals surface area contributed by atoms with Gasteiger partial charge < -0.3 is 4.52 Å². The molecule has 0 amide bonds. The van der Waals surface area contributed by atoms with Crippen molar-refractivity contribution < 1.29 is 27.5 Å². The fourth-order valence-corrected chi connectivity index (χ4v) is 3.94. The molecule has 2 aromatic carbocycles. The van der Waals surface area contributed by atoms with Gasteiger partial charge in [-0.25, -0.2) is 8.96 Å². The molecule has 0 N–H and O–H groups in total. The number of nitro groups is 1. The molecule has 1 aliphatic heterocycles. The van der Waals surface area contributed by atoms with Crippen LogP contribution in [-0.2, 0) is 13.6 Å². The minimum atomic E-state index is -3.96. The number of benzene rings is 2. The monoisotopic (exact) mass is 387 g/mol. The summed E-state index contributed by atoms with van der Waals surface area (Å²) < 4.78 is 41.9. The first-order valence-corrected chi connectivity index (χ1v) is 9.01. The van der Waals surface area contributed by atoms with Gasteiger partial charge in [0.05, 0.1) is 17.6 Å². The van der Waals surface area contributed by atoms with Crippen molar-refractivity contribution in [2.24, 2.45) is 0 Å². The molecule has 10 heteroatoms. The van der Waals surface area contributed by atoms with Crippen LogP contribution >= 0.6 is 19.4 Å². The number of phosphoric ester groups is 1. The molecule has 1 heterocycles. The average Bonchev–Trinajstić information content (AvgIpc) is 2.54. The van der Waals surface area contributed by atoms with Crippen LogP contribution in [-0.4, -0.2) is 11.5 Å². The molecule has 132 valence electrons. The second kappa shape index (κ2) is 7.09. The number of nitrogens with zero attached hydrogens (tertiary/aromatic N) is 1. The van der Waals surface area contributed by atoms with E-state index in [2.05, 4.69) is 0 Å². The zero-order valence-corrected chi connectivity index (χ0v) is 14.3. The van der Waals surface area contributed by atoms with Crippen LogP contribution in [0.4, 0.5) is 10.1 Å². The molecule has 1 aliphatic rings. The third-order valence-electron chi connectivity index (χ3n) is 3.41. The maximum atomic E-state index is 13.5. The van der Waals surface area contributed by atoms with E-state index in [4.69, 9.17) is 25.2 Å². The predicted octanol–water partition coefficient (Wildman–Crippen LogP) is 5.05. The van der Waals surface area contributed by atoms with Gasteiger partial charge in [0.15, 0.2) is 0 Å². The molecular weight excluding hydrogens is 376 g/mol. The van der Waals surface area contributed by atoms with Crippen molar-refractivity contribution in [2.45, 2.75) is 12.5 Å². The first-order valence-electron chi connectivity index (χ1n) is 7.18. The molecule has 0 radical (unpaired) electrons. The molecule has 2 atom stereocenters. The normalized spacial score (nSPS) is 23.2. The van der Waals surface area contributed by atoms with E-state index in [1.165, 1.54) is 36.4 Å². The second-order valence-corrected chi connectivity index (χ2v) is 7.19. The molecule has 1 fully saturated rings. The molecule has 0 saturated carbocycles. The van der Waals surface area contributed by atoms with Crippen LogP contribution in [0, 0.1) is 15.9 Å². The van der Waals surface area contributed by atoms with Gasteiger partial charge in [-0.15, -0.1) is 0 Å². The lowest BCUT2D eigenvalue weighted by molar-refractivity contribution is -0.384. The van der Waals surface area contributed by atoms with Gasteiger partial charge in [0.25, 0.3) is 5.69 Å². The van der Waals surface area contributed by atoms with E-state index in [9.17, 15) is 19.1 Å². The number of hydrogen-bond acceptors (Lipinski definition) is 6. The summed E-state index contributed by atoms with van der Waals surface area (Å²) in [6.45, 7) is 0.0725. The maximum absolute atomic E-state index is 13.5. The Labute approximate surface area is 147 Å². The fourth-order valence-electron chi connectivity index (χ4n) is 2.30. The van der Waals surface area contributed by atoms with Gasteiger partial charge in [-0.3, -0.25) is 19.2 Å². The summed E-state index contributed by atoms with van der Waals surface area (Å²) in [6, 6.07) is 8.87. The molecule has 1 saturated heterocycles. The number of non-ortho nitro benzene ring substituents is 1. The van der Waals surface area contributed by atoms with E-state index in [1.807, 2.05) is 0 Å². The lowest BCUT2D eigenvalue weighted by atomic mass is 10.1. The van der Waals surface area contributed by atoms with Crippen molar-refractivity contribution in [2.75, 3.05) is 6.61 Å². The van der Waals surface area contributed by atoms with Gasteiger partial charge in [-0.05, 0) is 35.9 Å². The third kappa shape index (κ3) is 4.35. The molecule has 3 rings (SSSR count). The van der Waals surface area contributed by atoms with Crippen LogP contribution in [0.15, 0.2) is 42.5 Å². The van der Waals surface area contributed by atoms with Crippen molar-refractivity contribution in [1.29, 1.82) is 0 Å². The summed E-state index contributed by atoms with van der Waals surface area (Å²) in [6.07, 6.45) is -0.376. The molecular formula is C15H12ClFNO6P. The maximum Gasteiger partial charge on any atom is 0.530 e. The summed E-state index contributed by atoms with van der Waals surface area (Å²) in [5.41, 5.74) is 0.282. The van der Waals surface area contributed by atoms with Crippen LogP contribution in [0.1, 0.15) is 18.1 Å². The van der Waals surface area contributed by atoms with Crippen LogP contribution in [0.2, 0.25) is 5.02 Å². The average molecular weight is 388 g/mol. The Bertz CT molecular complexity index is 826. The Kier molecular flexibility index (Phi) is 5.06. The molecule has 0 aliphatic carbocycles. The Balaban J connectivity index is 1.77. The summed E-state index contributed by atoms with van der Waals surface area (Å²) in [7, 11) is -3.96. The van der Waals surface area contributed by atoms with Gasteiger partial charge >= 0.3 is 7.82 Å². The van der Waals surface area contributed by atoms with Crippen LogP contribution in [0.5, 0.6) is 5.75 Å². The first kappa shape index (κ1) is 17.8. The Morgan fingerprint density at radius 2 is 2.00 bits per heavy atom. The van der Waals surface area contributed by atoms with Gasteiger partial charge in [-0.2, -0.15) is 0 Å². The molecule has 7 nitrogen and oxygen atoms in total. The minimum Gasteiger partial charge on any atom is -0.404 e. The van der Waals surface area contributed by atoms with Gasteiger partial charge in [-0.1, -0.05) is 11.6 Å². The molecule has 0 spiro atoms. The fraction of sp³-hybridized carbons (Fsp3) is 0.200. The van der Waals surface area contributed by atoms with Crippen molar-refractivity contribution in [3.63, 3.8) is 0 Å². The largest absolute Gasteiger partial charge is 0.530 e. The van der Waals surface area contributed by atoms with E-state index in [1.54, 1.807) is 0 Å². The summed E-state index contributed by atoms with van der Waals surface area (Å²) in [5.74, 6) is -0.449. The van der Waals surface area contributed by atoms with Crippen molar-refractivity contribution in [3.8, 4) is 5.75 Å².